The predicted octanol–water partition coefficient (Wildman–Crippen LogP) is 4.34. The maximum Gasteiger partial charge on any atom is 0.421 e. The molecule has 0 saturated heterocycles. The molecule has 1 N–H and O–H groups in total. The van der Waals surface area contributed by atoms with Crippen LogP contribution in [0.1, 0.15) is 36.0 Å². The van der Waals surface area contributed by atoms with Gasteiger partial charge in [0.2, 0.25) is 6.10 Å². The second-order valence-electron chi connectivity index (χ2n) is 7.79. The second kappa shape index (κ2) is 8.53. The van der Waals surface area contributed by atoms with Crippen molar-refractivity contribution in [3.8, 4) is 0 Å². The Kier molecular flexibility index (Phi) is 6.82. The van der Waals surface area contributed by atoms with Gasteiger partial charge < -0.3 is 14.4 Å². The van der Waals surface area contributed by atoms with Crippen LogP contribution in [0.4, 0.5) is 13.2 Å². The average Bonchev–Trinajstić information content (AvgIpc) is 3.00. The molecule has 2 atom stereocenters. The van der Waals surface area contributed by atoms with E-state index in [0.29, 0.717) is 12.3 Å². The monoisotopic (exact) mass is 401 g/mol. The molecule has 0 radical (unpaired) electrons. The summed E-state index contributed by atoms with van der Waals surface area (Å²) >= 11 is 0. The van der Waals surface area contributed by atoms with Gasteiger partial charge in [0.05, 0.1) is 5.69 Å². The van der Waals surface area contributed by atoms with Gasteiger partial charge in [0.15, 0.2) is 0 Å². The van der Waals surface area contributed by atoms with E-state index in [2.05, 4.69) is 29.6 Å². The van der Waals surface area contributed by atoms with Crippen molar-refractivity contribution >= 4 is 8.07 Å². The number of imidazole rings is 1. The zero-order valence-corrected chi connectivity index (χ0v) is 17.0. The van der Waals surface area contributed by atoms with Crippen molar-refractivity contribution in [1.29, 1.82) is 0 Å². The molecule has 27 heavy (non-hydrogen) atoms. The fourth-order valence-electron chi connectivity index (χ4n) is 2.49. The highest BCUT2D eigenvalue weighted by Gasteiger charge is 2.42. The summed E-state index contributed by atoms with van der Waals surface area (Å²) in [4.78, 5) is 8.02. The highest BCUT2D eigenvalue weighted by atomic mass is 28.3. The molecular formula is C18H26F3N3O2Si. The molecule has 0 aliphatic heterocycles. The summed E-state index contributed by atoms with van der Waals surface area (Å²) in [5, 5.41) is 9.72. The van der Waals surface area contributed by atoms with Crippen LogP contribution < -0.4 is 0 Å². The van der Waals surface area contributed by atoms with Crippen LogP contribution in [0.2, 0.25) is 25.7 Å². The lowest BCUT2D eigenvalue weighted by Gasteiger charge is -2.18. The summed E-state index contributed by atoms with van der Waals surface area (Å²) in [6, 6.07) is 4.47. The Morgan fingerprint density at radius 1 is 1.22 bits per heavy atom. The van der Waals surface area contributed by atoms with Crippen LogP contribution >= 0.6 is 0 Å². The van der Waals surface area contributed by atoms with Crippen molar-refractivity contribution in [3.05, 3.63) is 47.8 Å². The molecule has 5 nitrogen and oxygen atoms in total. The summed E-state index contributed by atoms with van der Waals surface area (Å²) in [6.07, 6.45) is -2.69. The highest BCUT2D eigenvalue weighted by molar-refractivity contribution is 6.76. The topological polar surface area (TPSA) is 60.2 Å². The van der Waals surface area contributed by atoms with Crippen molar-refractivity contribution in [1.82, 2.24) is 14.5 Å². The minimum absolute atomic E-state index is 0.0803. The van der Waals surface area contributed by atoms with Gasteiger partial charge in [-0.1, -0.05) is 26.6 Å². The summed E-state index contributed by atoms with van der Waals surface area (Å²) in [5.41, 5.74) is 1.32. The van der Waals surface area contributed by atoms with Crippen LogP contribution in [0.15, 0.2) is 30.7 Å². The van der Waals surface area contributed by atoms with Gasteiger partial charge in [-0.2, -0.15) is 13.2 Å². The smallest absolute Gasteiger partial charge is 0.377 e. The number of halogens is 3. The summed E-state index contributed by atoms with van der Waals surface area (Å²) in [7, 11) is -1.30. The quantitative estimate of drug-likeness (QED) is 0.528. The highest BCUT2D eigenvalue weighted by Crippen LogP contribution is 2.33. The lowest BCUT2D eigenvalue weighted by Crippen LogP contribution is -2.25. The molecule has 2 unspecified atom stereocenters. The Balaban J connectivity index is 2.23. The zero-order valence-electron chi connectivity index (χ0n) is 16.0. The third kappa shape index (κ3) is 6.15. The van der Waals surface area contributed by atoms with E-state index in [1.165, 1.54) is 10.8 Å². The maximum atomic E-state index is 13.0. The van der Waals surface area contributed by atoms with Crippen molar-refractivity contribution < 1.29 is 23.0 Å². The van der Waals surface area contributed by atoms with Crippen molar-refractivity contribution in [2.45, 2.75) is 57.5 Å². The van der Waals surface area contributed by atoms with Gasteiger partial charge in [0.1, 0.15) is 12.6 Å². The van der Waals surface area contributed by atoms with E-state index in [1.54, 1.807) is 24.5 Å². The molecule has 2 aromatic heterocycles. The van der Waals surface area contributed by atoms with E-state index < -0.39 is 26.2 Å². The number of aliphatic hydroxyl groups is 1. The molecular weight excluding hydrogens is 375 g/mol. The Morgan fingerprint density at radius 3 is 2.41 bits per heavy atom. The van der Waals surface area contributed by atoms with Crippen LogP contribution in [0.5, 0.6) is 0 Å². The van der Waals surface area contributed by atoms with E-state index in [0.717, 1.165) is 11.6 Å². The van der Waals surface area contributed by atoms with Crippen molar-refractivity contribution in [2.24, 2.45) is 0 Å². The zero-order chi connectivity index (χ0) is 20.2. The molecule has 150 valence electrons. The van der Waals surface area contributed by atoms with Crippen LogP contribution in [0.3, 0.4) is 0 Å². The summed E-state index contributed by atoms with van der Waals surface area (Å²) < 4.78 is 46.0. The Hall–Kier alpha value is -1.71. The molecule has 0 fully saturated rings. The molecule has 0 bridgehead atoms. The Bertz CT molecular complexity index is 730. The molecule has 0 spiro atoms. The van der Waals surface area contributed by atoms with Gasteiger partial charge >= 0.3 is 6.18 Å². The molecule has 0 amide bonds. The number of ether oxygens (including phenoxy) is 1. The van der Waals surface area contributed by atoms with Crippen LogP contribution in [0, 0.1) is 0 Å². The van der Waals surface area contributed by atoms with Crippen LogP contribution in [-0.2, 0) is 11.5 Å². The lowest BCUT2D eigenvalue weighted by atomic mass is 10.00. The Labute approximate surface area is 158 Å². The SMILES string of the molecule is CC(c1ccncc1)c1cn(COCC[Si](C)(C)C)c(C(O)C(F)(F)F)n1. The number of aliphatic hydroxyl groups excluding tert-OH is 1. The van der Waals surface area contributed by atoms with E-state index in [4.69, 9.17) is 4.74 Å². The molecule has 0 aliphatic carbocycles. The van der Waals surface area contributed by atoms with E-state index in [9.17, 15) is 18.3 Å². The first-order valence-electron chi connectivity index (χ1n) is 8.78. The minimum Gasteiger partial charge on any atom is -0.377 e. The summed E-state index contributed by atoms with van der Waals surface area (Å²) in [5.74, 6) is -0.693. The van der Waals surface area contributed by atoms with Gasteiger partial charge in [-0.05, 0) is 23.7 Å². The largest absolute Gasteiger partial charge is 0.421 e. The number of alkyl halides is 3. The van der Waals surface area contributed by atoms with Gasteiger partial charge in [0.25, 0.3) is 0 Å². The summed E-state index contributed by atoms with van der Waals surface area (Å²) in [6.45, 7) is 8.81. The standard InChI is InChI=1S/C18H26F3N3O2Si/c1-13(14-5-7-22-8-6-14)15-11-24(12-26-9-10-27(2,3)4)17(23-15)16(25)18(19,20)21/h5-8,11,13,16,25H,9-10,12H2,1-4H3. The van der Waals surface area contributed by atoms with E-state index in [1.807, 2.05) is 6.92 Å². The third-order valence-corrected chi connectivity index (χ3v) is 5.96. The number of hydrogen-bond acceptors (Lipinski definition) is 4. The Morgan fingerprint density at radius 2 is 1.85 bits per heavy atom. The molecule has 9 heteroatoms. The van der Waals surface area contributed by atoms with E-state index >= 15 is 0 Å². The first kappa shape index (κ1) is 21.6. The number of rotatable bonds is 8. The van der Waals surface area contributed by atoms with Gasteiger partial charge in [-0.3, -0.25) is 4.98 Å². The maximum absolute atomic E-state index is 13.0. The van der Waals surface area contributed by atoms with Crippen molar-refractivity contribution in [2.75, 3.05) is 6.61 Å². The van der Waals surface area contributed by atoms with E-state index in [-0.39, 0.29) is 12.6 Å². The lowest BCUT2D eigenvalue weighted by molar-refractivity contribution is -0.210. The van der Waals surface area contributed by atoms with Crippen molar-refractivity contribution in [3.63, 3.8) is 0 Å². The van der Waals surface area contributed by atoms with Gasteiger partial charge in [0, 0.05) is 39.2 Å². The first-order chi connectivity index (χ1) is 12.5. The molecule has 2 aromatic rings. The van der Waals surface area contributed by atoms with Crippen LogP contribution in [0.25, 0.3) is 0 Å². The second-order valence-corrected chi connectivity index (χ2v) is 13.4. The molecule has 0 aliphatic rings. The fraction of sp³-hybridized carbons (Fsp3) is 0.556. The molecule has 2 rings (SSSR count). The van der Waals surface area contributed by atoms with Gasteiger partial charge in [-0.15, -0.1) is 0 Å². The molecule has 0 aromatic carbocycles. The number of aromatic nitrogens is 3. The minimum atomic E-state index is -4.79. The number of nitrogens with zero attached hydrogens (tertiary/aromatic N) is 3. The normalized spacial score (nSPS) is 15.0. The predicted molar refractivity (Wildman–Crippen MR) is 99.1 cm³/mol. The average molecular weight is 402 g/mol. The molecule has 2 heterocycles. The number of hydrogen-bond donors (Lipinski definition) is 1. The third-order valence-electron chi connectivity index (χ3n) is 4.26. The van der Waals surface area contributed by atoms with Crippen LogP contribution in [-0.4, -0.2) is 40.5 Å². The first-order valence-corrected chi connectivity index (χ1v) is 12.5. The fourth-order valence-corrected chi connectivity index (χ4v) is 3.25. The number of pyridine rings is 1. The van der Waals surface area contributed by atoms with Gasteiger partial charge in [-0.25, -0.2) is 4.98 Å². The molecule has 0 saturated carbocycles.